The number of rotatable bonds is 7. The van der Waals surface area contributed by atoms with Gasteiger partial charge in [-0.05, 0) is 42.5 Å². The van der Waals surface area contributed by atoms with E-state index in [0.29, 0.717) is 24.1 Å². The Morgan fingerprint density at radius 3 is 2.50 bits per heavy atom. The minimum atomic E-state index is -3.72. The monoisotopic (exact) mass is 472 g/mol. The second-order valence-corrected chi connectivity index (χ2v) is 10.7. The largest absolute Gasteiger partial charge is 0.376 e. The van der Waals surface area contributed by atoms with E-state index in [2.05, 4.69) is 22.1 Å². The standard InChI is InChI=1S/C26H24N4O3S/c31-34(32,21-9-5-2-6-10-21)30-12-11-22-24-23(15-27-26(22)30)28-25(29-24)20-13-19(14-20)17-33-16-18-7-3-1-4-8-18/h1-12,15,19-20H,13-14,16-17H2,(H,28,29). The SMILES string of the molecule is O=S(=O)(c1ccccc1)n1ccc2c3[nH]c(C4CC(COCc5ccccc5)C4)nc3cnc21. The highest BCUT2D eigenvalue weighted by Gasteiger charge is 2.33. The molecule has 1 fully saturated rings. The summed E-state index contributed by atoms with van der Waals surface area (Å²) in [6, 6.07) is 20.4. The zero-order valence-corrected chi connectivity index (χ0v) is 19.3. The molecule has 1 aliphatic carbocycles. The molecule has 6 rings (SSSR count). The molecular weight excluding hydrogens is 448 g/mol. The lowest BCUT2D eigenvalue weighted by atomic mass is 9.75. The summed E-state index contributed by atoms with van der Waals surface area (Å²) in [5, 5.41) is 0.748. The lowest BCUT2D eigenvalue weighted by molar-refractivity contribution is 0.0497. The average molecular weight is 473 g/mol. The predicted molar refractivity (Wildman–Crippen MR) is 130 cm³/mol. The van der Waals surface area contributed by atoms with E-state index in [1.807, 2.05) is 18.2 Å². The first-order valence-corrected chi connectivity index (χ1v) is 12.8. The summed E-state index contributed by atoms with van der Waals surface area (Å²) in [6.45, 7) is 1.39. The fraction of sp³-hybridized carbons (Fsp3) is 0.231. The van der Waals surface area contributed by atoms with Crippen LogP contribution >= 0.6 is 0 Å². The number of imidazole rings is 1. The number of nitrogens with one attached hydrogen (secondary N) is 1. The summed E-state index contributed by atoms with van der Waals surface area (Å²) in [7, 11) is -3.72. The quantitative estimate of drug-likeness (QED) is 0.365. The van der Waals surface area contributed by atoms with Crippen LogP contribution in [0.25, 0.3) is 22.1 Å². The lowest BCUT2D eigenvalue weighted by Gasteiger charge is -2.33. The molecule has 172 valence electrons. The zero-order chi connectivity index (χ0) is 23.1. The summed E-state index contributed by atoms with van der Waals surface area (Å²) < 4.78 is 33.4. The third-order valence-corrected chi connectivity index (χ3v) is 8.22. The van der Waals surface area contributed by atoms with E-state index in [1.165, 1.54) is 9.54 Å². The number of ether oxygens (including phenoxy) is 1. The van der Waals surface area contributed by atoms with Crippen molar-refractivity contribution in [1.29, 1.82) is 0 Å². The molecule has 5 aromatic rings. The first-order chi connectivity index (χ1) is 16.6. The van der Waals surface area contributed by atoms with E-state index in [4.69, 9.17) is 9.72 Å². The van der Waals surface area contributed by atoms with Gasteiger partial charge in [-0.2, -0.15) is 0 Å². The number of aromatic nitrogens is 4. The van der Waals surface area contributed by atoms with Crippen LogP contribution < -0.4 is 0 Å². The molecule has 34 heavy (non-hydrogen) atoms. The predicted octanol–water partition coefficient (Wildman–Crippen LogP) is 4.86. The van der Waals surface area contributed by atoms with Crippen molar-refractivity contribution < 1.29 is 13.2 Å². The Morgan fingerprint density at radius 1 is 1.00 bits per heavy atom. The molecule has 8 heteroatoms. The Bertz CT molecular complexity index is 1550. The number of pyridine rings is 1. The van der Waals surface area contributed by atoms with Crippen molar-refractivity contribution in [3.63, 3.8) is 0 Å². The molecule has 0 bridgehead atoms. The van der Waals surface area contributed by atoms with Crippen LogP contribution in [0.4, 0.5) is 0 Å². The van der Waals surface area contributed by atoms with Crippen LogP contribution in [-0.2, 0) is 21.4 Å². The number of H-pyrrole nitrogens is 1. The van der Waals surface area contributed by atoms with E-state index in [1.54, 1.807) is 48.8 Å². The molecule has 0 atom stereocenters. The molecule has 0 aliphatic heterocycles. The molecule has 3 aromatic heterocycles. The molecule has 7 nitrogen and oxygen atoms in total. The zero-order valence-electron chi connectivity index (χ0n) is 18.5. The van der Waals surface area contributed by atoms with Crippen molar-refractivity contribution in [2.45, 2.75) is 30.3 Å². The van der Waals surface area contributed by atoms with Gasteiger partial charge in [0.1, 0.15) is 11.3 Å². The van der Waals surface area contributed by atoms with Crippen LogP contribution in [0.15, 0.2) is 84.0 Å². The second kappa shape index (κ2) is 8.38. The van der Waals surface area contributed by atoms with Crippen molar-refractivity contribution in [3.8, 4) is 0 Å². The Labute approximate surface area is 197 Å². The van der Waals surface area contributed by atoms with Gasteiger partial charge in [-0.1, -0.05) is 48.5 Å². The van der Waals surface area contributed by atoms with E-state index >= 15 is 0 Å². The lowest BCUT2D eigenvalue weighted by Crippen LogP contribution is -2.26. The van der Waals surface area contributed by atoms with Crippen molar-refractivity contribution in [1.82, 2.24) is 18.9 Å². The smallest absolute Gasteiger partial charge is 0.269 e. The molecule has 0 saturated heterocycles. The van der Waals surface area contributed by atoms with Gasteiger partial charge < -0.3 is 9.72 Å². The normalized spacial score (nSPS) is 18.4. The molecule has 3 heterocycles. The van der Waals surface area contributed by atoms with Gasteiger partial charge in [-0.25, -0.2) is 22.4 Å². The van der Waals surface area contributed by atoms with E-state index in [-0.39, 0.29) is 4.90 Å². The van der Waals surface area contributed by atoms with Crippen LogP contribution in [0.2, 0.25) is 0 Å². The Hall–Kier alpha value is -3.49. The maximum atomic E-state index is 13.1. The van der Waals surface area contributed by atoms with E-state index < -0.39 is 10.0 Å². The van der Waals surface area contributed by atoms with Crippen LogP contribution in [0.3, 0.4) is 0 Å². The third-order valence-electron chi connectivity index (χ3n) is 6.54. The maximum absolute atomic E-state index is 13.1. The molecule has 0 amide bonds. The fourth-order valence-electron chi connectivity index (χ4n) is 4.66. The van der Waals surface area contributed by atoms with Crippen LogP contribution in [0, 0.1) is 5.92 Å². The number of fused-ring (bicyclic) bond motifs is 3. The van der Waals surface area contributed by atoms with Crippen LogP contribution in [0.5, 0.6) is 0 Å². The van der Waals surface area contributed by atoms with E-state index in [9.17, 15) is 8.42 Å². The summed E-state index contributed by atoms with van der Waals surface area (Å²) in [4.78, 5) is 12.9. The first-order valence-electron chi connectivity index (χ1n) is 11.4. The maximum Gasteiger partial charge on any atom is 0.269 e. The Kier molecular flexibility index (Phi) is 5.19. The van der Waals surface area contributed by atoms with Gasteiger partial charge in [0, 0.05) is 24.1 Å². The Morgan fingerprint density at radius 2 is 1.74 bits per heavy atom. The molecule has 0 unspecified atom stereocenters. The van der Waals surface area contributed by atoms with Gasteiger partial charge in [0.2, 0.25) is 0 Å². The van der Waals surface area contributed by atoms with Crippen molar-refractivity contribution in [2.24, 2.45) is 5.92 Å². The summed E-state index contributed by atoms with van der Waals surface area (Å²) >= 11 is 0. The van der Waals surface area contributed by atoms with Gasteiger partial charge >= 0.3 is 0 Å². The van der Waals surface area contributed by atoms with Gasteiger partial charge in [0.05, 0.1) is 23.2 Å². The summed E-state index contributed by atoms with van der Waals surface area (Å²) in [6.07, 6.45) is 5.25. The molecule has 1 saturated carbocycles. The van der Waals surface area contributed by atoms with Gasteiger partial charge in [-0.15, -0.1) is 0 Å². The third kappa shape index (κ3) is 3.69. The van der Waals surface area contributed by atoms with Crippen molar-refractivity contribution in [3.05, 3.63) is 90.5 Å². The molecule has 0 spiro atoms. The number of hydrogen-bond acceptors (Lipinski definition) is 5. The van der Waals surface area contributed by atoms with Crippen molar-refractivity contribution >= 4 is 32.1 Å². The van der Waals surface area contributed by atoms with Crippen molar-refractivity contribution in [2.75, 3.05) is 6.61 Å². The minimum absolute atomic E-state index is 0.231. The summed E-state index contributed by atoms with van der Waals surface area (Å²) in [5.74, 6) is 1.81. The first kappa shape index (κ1) is 21.1. The minimum Gasteiger partial charge on any atom is -0.376 e. The molecule has 2 aromatic carbocycles. The topological polar surface area (TPSA) is 89.9 Å². The van der Waals surface area contributed by atoms with Crippen LogP contribution in [0.1, 0.15) is 30.1 Å². The molecule has 1 N–H and O–H groups in total. The van der Waals surface area contributed by atoms with Gasteiger partial charge in [0.15, 0.2) is 5.65 Å². The highest BCUT2D eigenvalue weighted by atomic mass is 32.2. The molecule has 1 aliphatic rings. The highest BCUT2D eigenvalue weighted by molar-refractivity contribution is 7.90. The number of aromatic amines is 1. The molecular formula is C26H24N4O3S. The number of benzene rings is 2. The fourth-order valence-corrected chi connectivity index (χ4v) is 5.98. The van der Waals surface area contributed by atoms with Gasteiger partial charge in [-0.3, -0.25) is 0 Å². The summed E-state index contributed by atoms with van der Waals surface area (Å²) in [5.41, 5.74) is 3.16. The number of nitrogens with zero attached hydrogens (tertiary/aromatic N) is 3. The second-order valence-electron chi connectivity index (χ2n) is 8.84. The number of hydrogen-bond donors (Lipinski definition) is 1. The van der Waals surface area contributed by atoms with E-state index in [0.717, 1.165) is 41.7 Å². The highest BCUT2D eigenvalue weighted by Crippen LogP contribution is 2.41. The van der Waals surface area contributed by atoms with Gasteiger partial charge in [0.25, 0.3) is 10.0 Å². The molecule has 0 radical (unpaired) electrons. The van der Waals surface area contributed by atoms with Crippen LogP contribution in [-0.4, -0.2) is 33.9 Å². The average Bonchev–Trinajstić information content (AvgIpc) is 3.46. The Balaban J connectivity index is 1.19.